The number of carbonyl (C=O) groups excluding carboxylic acids is 1. The lowest BCUT2D eigenvalue weighted by Crippen LogP contribution is -2.48. The van der Waals surface area contributed by atoms with Crippen LogP contribution in [0.2, 0.25) is 0 Å². The minimum Gasteiger partial charge on any atom is -0.497 e. The summed E-state index contributed by atoms with van der Waals surface area (Å²) in [6, 6.07) is 9.59. The normalized spacial score (nSPS) is 25.5. The van der Waals surface area contributed by atoms with Gasteiger partial charge in [0.2, 0.25) is 5.91 Å². The Hall–Kier alpha value is -0.910. The second-order valence-corrected chi connectivity index (χ2v) is 7.32. The van der Waals surface area contributed by atoms with Crippen molar-refractivity contribution < 1.29 is 9.53 Å². The van der Waals surface area contributed by atoms with Gasteiger partial charge >= 0.3 is 0 Å². The number of halogens is 1. The molecule has 2 fully saturated rings. The van der Waals surface area contributed by atoms with Crippen LogP contribution >= 0.6 is 24.2 Å². The summed E-state index contributed by atoms with van der Waals surface area (Å²) in [4.78, 5) is 13.2. The number of carbonyl (C=O) groups is 1. The van der Waals surface area contributed by atoms with Crippen LogP contribution in [-0.2, 0) is 4.79 Å². The van der Waals surface area contributed by atoms with Crippen molar-refractivity contribution in [1.29, 1.82) is 0 Å². The quantitative estimate of drug-likeness (QED) is 0.769. The van der Waals surface area contributed by atoms with E-state index in [9.17, 15) is 4.79 Å². The van der Waals surface area contributed by atoms with Gasteiger partial charge in [-0.15, -0.1) is 24.2 Å². The summed E-state index contributed by atoms with van der Waals surface area (Å²) in [5, 5.41) is 6.81. The van der Waals surface area contributed by atoms with Crippen LogP contribution in [0.1, 0.15) is 32.1 Å². The maximum Gasteiger partial charge on any atom is 0.221 e. The highest BCUT2D eigenvalue weighted by molar-refractivity contribution is 7.99. The van der Waals surface area contributed by atoms with E-state index in [4.69, 9.17) is 4.74 Å². The molecule has 1 aromatic rings. The Labute approximate surface area is 148 Å². The Balaban J connectivity index is 0.00000192. The van der Waals surface area contributed by atoms with E-state index in [-0.39, 0.29) is 18.3 Å². The van der Waals surface area contributed by atoms with E-state index in [1.807, 2.05) is 24.3 Å². The smallest absolute Gasteiger partial charge is 0.221 e. The summed E-state index contributed by atoms with van der Waals surface area (Å²) in [7, 11) is 1.67. The zero-order valence-electron chi connectivity index (χ0n) is 13.4. The fraction of sp³-hybridized carbons (Fsp3) is 0.588. The molecule has 0 saturated carbocycles. The fourth-order valence-corrected chi connectivity index (χ4v) is 4.26. The Morgan fingerprint density at radius 1 is 1.26 bits per heavy atom. The van der Waals surface area contributed by atoms with Crippen LogP contribution in [-0.4, -0.2) is 36.9 Å². The minimum atomic E-state index is 0. The minimum absolute atomic E-state index is 0. The first kappa shape index (κ1) is 18.4. The molecule has 2 aliphatic heterocycles. The summed E-state index contributed by atoms with van der Waals surface area (Å²) < 4.78 is 5.14. The molecular weight excluding hydrogens is 332 g/mol. The number of benzene rings is 1. The molecule has 0 aliphatic carbocycles. The van der Waals surface area contributed by atoms with Crippen LogP contribution in [0.4, 0.5) is 0 Å². The summed E-state index contributed by atoms with van der Waals surface area (Å²) in [6.07, 6.45) is 5.30. The molecule has 2 unspecified atom stereocenters. The summed E-state index contributed by atoms with van der Waals surface area (Å²) in [5.74, 6) is 1.87. The molecule has 2 heterocycles. The van der Waals surface area contributed by atoms with Gasteiger partial charge in [-0.25, -0.2) is 0 Å². The van der Waals surface area contributed by atoms with Gasteiger partial charge in [0.25, 0.3) is 0 Å². The maximum absolute atomic E-state index is 12.1. The number of hydrogen-bond acceptors (Lipinski definition) is 4. The predicted molar refractivity (Wildman–Crippen MR) is 96.7 cm³/mol. The Morgan fingerprint density at radius 2 is 1.91 bits per heavy atom. The van der Waals surface area contributed by atoms with Crippen molar-refractivity contribution in [1.82, 2.24) is 10.6 Å². The molecule has 0 aromatic heterocycles. The van der Waals surface area contributed by atoms with Gasteiger partial charge in [0.15, 0.2) is 0 Å². The number of ether oxygens (including phenoxy) is 1. The van der Waals surface area contributed by atoms with E-state index in [0.717, 1.165) is 24.3 Å². The van der Waals surface area contributed by atoms with Crippen molar-refractivity contribution in [3.8, 4) is 5.75 Å². The van der Waals surface area contributed by atoms with E-state index in [1.54, 1.807) is 18.9 Å². The largest absolute Gasteiger partial charge is 0.497 e. The van der Waals surface area contributed by atoms with E-state index < -0.39 is 0 Å². The number of hydrogen-bond donors (Lipinski definition) is 2. The van der Waals surface area contributed by atoms with Crippen LogP contribution in [0.3, 0.4) is 0 Å². The number of rotatable bonds is 6. The molecule has 2 N–H and O–H groups in total. The average molecular weight is 357 g/mol. The highest BCUT2D eigenvalue weighted by atomic mass is 35.5. The van der Waals surface area contributed by atoms with Crippen LogP contribution in [0.5, 0.6) is 5.75 Å². The lowest BCUT2D eigenvalue weighted by atomic mass is 10.00. The molecule has 2 aliphatic rings. The van der Waals surface area contributed by atoms with Gasteiger partial charge < -0.3 is 15.4 Å². The molecule has 128 valence electrons. The molecule has 0 radical (unpaired) electrons. The van der Waals surface area contributed by atoms with E-state index >= 15 is 0 Å². The second-order valence-electron chi connectivity index (χ2n) is 6.15. The van der Waals surface area contributed by atoms with E-state index in [0.29, 0.717) is 24.5 Å². The van der Waals surface area contributed by atoms with Crippen LogP contribution in [0.25, 0.3) is 0 Å². The van der Waals surface area contributed by atoms with Gasteiger partial charge in [-0.05, 0) is 49.9 Å². The van der Waals surface area contributed by atoms with Crippen LogP contribution < -0.4 is 15.4 Å². The third-order valence-corrected chi connectivity index (χ3v) is 5.51. The van der Waals surface area contributed by atoms with E-state index in [1.165, 1.54) is 17.7 Å². The SMILES string of the molecule is COc1ccc(SCCC(=O)NC2CC3CCC(C2)N3)cc1.Cl. The van der Waals surface area contributed by atoms with Gasteiger partial charge in [0.1, 0.15) is 5.75 Å². The summed E-state index contributed by atoms with van der Waals surface area (Å²) in [5.41, 5.74) is 0. The van der Waals surface area contributed by atoms with E-state index in [2.05, 4.69) is 10.6 Å². The average Bonchev–Trinajstić information content (AvgIpc) is 2.87. The third kappa shape index (κ3) is 5.30. The number of fused-ring (bicyclic) bond motifs is 2. The molecule has 23 heavy (non-hydrogen) atoms. The molecule has 0 spiro atoms. The Bertz CT molecular complexity index is 500. The second kappa shape index (κ2) is 8.81. The van der Waals surface area contributed by atoms with Gasteiger partial charge in [0, 0.05) is 35.2 Å². The summed E-state index contributed by atoms with van der Waals surface area (Å²) >= 11 is 1.71. The molecule has 3 rings (SSSR count). The fourth-order valence-electron chi connectivity index (χ4n) is 3.41. The van der Waals surface area contributed by atoms with Crippen LogP contribution in [0.15, 0.2) is 29.2 Å². The van der Waals surface area contributed by atoms with Crippen molar-refractivity contribution in [2.45, 2.75) is 55.1 Å². The third-order valence-electron chi connectivity index (χ3n) is 4.50. The summed E-state index contributed by atoms with van der Waals surface area (Å²) in [6.45, 7) is 0. The number of piperidine rings is 1. The molecule has 6 heteroatoms. The predicted octanol–water partition coefficient (Wildman–Crippen LogP) is 3.00. The van der Waals surface area contributed by atoms with Crippen molar-refractivity contribution in [2.75, 3.05) is 12.9 Å². The standard InChI is InChI=1S/C17H24N2O2S.ClH/c1-21-15-4-6-16(7-5-15)22-9-8-17(20)19-14-10-12-2-3-13(11-14)18-12;/h4-7,12-14,18H,2-3,8-11H2,1H3,(H,19,20);1H. The molecule has 2 bridgehead atoms. The topological polar surface area (TPSA) is 50.4 Å². The number of nitrogens with one attached hydrogen (secondary N) is 2. The van der Waals surface area contributed by atoms with Gasteiger partial charge in [-0.2, -0.15) is 0 Å². The molecule has 1 aromatic carbocycles. The lowest BCUT2D eigenvalue weighted by molar-refractivity contribution is -0.121. The first-order valence-corrected chi connectivity index (χ1v) is 9.04. The van der Waals surface area contributed by atoms with Gasteiger partial charge in [-0.3, -0.25) is 4.79 Å². The zero-order valence-corrected chi connectivity index (χ0v) is 15.1. The zero-order chi connectivity index (χ0) is 15.4. The van der Waals surface area contributed by atoms with Crippen molar-refractivity contribution in [2.24, 2.45) is 0 Å². The first-order chi connectivity index (χ1) is 10.7. The molecule has 2 saturated heterocycles. The molecule has 1 amide bonds. The molecular formula is C17H25ClN2O2S. The lowest BCUT2D eigenvalue weighted by Gasteiger charge is -2.29. The van der Waals surface area contributed by atoms with Crippen LogP contribution in [0, 0.1) is 0 Å². The number of thioether (sulfide) groups is 1. The molecule has 2 atom stereocenters. The van der Waals surface area contributed by atoms with Crippen molar-refractivity contribution in [3.05, 3.63) is 24.3 Å². The van der Waals surface area contributed by atoms with Gasteiger partial charge in [-0.1, -0.05) is 0 Å². The first-order valence-electron chi connectivity index (χ1n) is 8.05. The maximum atomic E-state index is 12.1. The number of methoxy groups -OCH3 is 1. The number of amides is 1. The Morgan fingerprint density at radius 3 is 2.52 bits per heavy atom. The van der Waals surface area contributed by atoms with Gasteiger partial charge in [0.05, 0.1) is 7.11 Å². The van der Waals surface area contributed by atoms with Crippen molar-refractivity contribution in [3.63, 3.8) is 0 Å². The Kier molecular flexibility index (Phi) is 7.06. The highest BCUT2D eigenvalue weighted by Gasteiger charge is 2.33. The highest BCUT2D eigenvalue weighted by Crippen LogP contribution is 2.27. The monoisotopic (exact) mass is 356 g/mol. The van der Waals surface area contributed by atoms with Crippen molar-refractivity contribution >= 4 is 30.1 Å². The molecule has 4 nitrogen and oxygen atoms in total.